The fourth-order valence-electron chi connectivity index (χ4n) is 2.23. The first-order chi connectivity index (χ1) is 9.69. The van der Waals surface area contributed by atoms with Crippen LogP contribution in [0.15, 0.2) is 42.5 Å². The standard InChI is InChI=1S/C15H10BNO3/c1-17-13-5-2-10(3-6-13)15(18)11-4-7-14-12(8-11)9-20-16(14)19/h2-8,19H,9H2. The van der Waals surface area contributed by atoms with Gasteiger partial charge in [-0.05, 0) is 17.1 Å². The van der Waals surface area contributed by atoms with Crippen LogP contribution in [0.3, 0.4) is 0 Å². The van der Waals surface area contributed by atoms with Crippen LogP contribution in [0.5, 0.6) is 0 Å². The van der Waals surface area contributed by atoms with Crippen molar-refractivity contribution >= 4 is 24.1 Å². The van der Waals surface area contributed by atoms with Crippen LogP contribution < -0.4 is 5.46 Å². The molecular weight excluding hydrogens is 253 g/mol. The van der Waals surface area contributed by atoms with Gasteiger partial charge in [0.15, 0.2) is 11.5 Å². The number of carbonyl (C=O) groups is 1. The van der Waals surface area contributed by atoms with Gasteiger partial charge in [-0.25, -0.2) is 4.85 Å². The number of nitrogens with zero attached hydrogens (tertiary/aromatic N) is 1. The number of carbonyl (C=O) groups excluding carboxylic acids is 1. The summed E-state index contributed by atoms with van der Waals surface area (Å²) >= 11 is 0. The van der Waals surface area contributed by atoms with Crippen molar-refractivity contribution in [3.8, 4) is 0 Å². The van der Waals surface area contributed by atoms with Gasteiger partial charge in [-0.2, -0.15) is 0 Å². The highest BCUT2D eigenvalue weighted by Crippen LogP contribution is 2.18. The van der Waals surface area contributed by atoms with Crippen LogP contribution in [-0.4, -0.2) is 17.9 Å². The molecule has 0 atom stereocenters. The number of hydrogen-bond donors (Lipinski definition) is 1. The second-order valence-electron chi connectivity index (χ2n) is 4.56. The van der Waals surface area contributed by atoms with E-state index >= 15 is 0 Å². The summed E-state index contributed by atoms with van der Waals surface area (Å²) in [6.45, 7) is 7.20. The third-order valence-electron chi connectivity index (χ3n) is 3.33. The lowest BCUT2D eigenvalue weighted by molar-refractivity contribution is 0.103. The third-order valence-corrected chi connectivity index (χ3v) is 3.33. The quantitative estimate of drug-likeness (QED) is 0.509. The summed E-state index contributed by atoms with van der Waals surface area (Å²) in [5.74, 6) is -0.106. The van der Waals surface area contributed by atoms with Crippen molar-refractivity contribution in [2.24, 2.45) is 0 Å². The number of rotatable bonds is 2. The molecule has 5 heteroatoms. The molecule has 0 saturated carbocycles. The first-order valence-electron chi connectivity index (χ1n) is 6.14. The van der Waals surface area contributed by atoms with E-state index in [9.17, 15) is 9.82 Å². The second kappa shape index (κ2) is 4.93. The predicted molar refractivity (Wildman–Crippen MR) is 75.0 cm³/mol. The maximum absolute atomic E-state index is 12.3. The lowest BCUT2D eigenvalue weighted by atomic mass is 9.79. The summed E-state index contributed by atoms with van der Waals surface area (Å²) in [4.78, 5) is 15.6. The largest absolute Gasteiger partial charge is 0.491 e. The van der Waals surface area contributed by atoms with Crippen molar-refractivity contribution in [1.82, 2.24) is 0 Å². The molecule has 1 heterocycles. The van der Waals surface area contributed by atoms with E-state index in [1.54, 1.807) is 42.5 Å². The Morgan fingerprint density at radius 2 is 1.90 bits per heavy atom. The van der Waals surface area contributed by atoms with Crippen molar-refractivity contribution in [3.05, 3.63) is 70.6 Å². The zero-order valence-electron chi connectivity index (χ0n) is 10.5. The van der Waals surface area contributed by atoms with Gasteiger partial charge in [-0.15, -0.1) is 0 Å². The Kier molecular flexibility index (Phi) is 3.11. The zero-order chi connectivity index (χ0) is 14.1. The van der Waals surface area contributed by atoms with Gasteiger partial charge >= 0.3 is 7.12 Å². The number of fused-ring (bicyclic) bond motifs is 1. The van der Waals surface area contributed by atoms with Crippen LogP contribution in [0.2, 0.25) is 0 Å². The molecule has 0 aliphatic carbocycles. The average molecular weight is 263 g/mol. The Hall–Kier alpha value is -2.42. The molecule has 20 heavy (non-hydrogen) atoms. The molecule has 1 aliphatic heterocycles. The smallest absolute Gasteiger partial charge is 0.423 e. The molecule has 0 amide bonds. The highest BCUT2D eigenvalue weighted by atomic mass is 16.5. The van der Waals surface area contributed by atoms with E-state index in [4.69, 9.17) is 11.2 Å². The summed E-state index contributed by atoms with van der Waals surface area (Å²) in [5, 5.41) is 9.55. The Morgan fingerprint density at radius 1 is 1.20 bits per heavy atom. The molecule has 0 aromatic heterocycles. The molecular formula is C15H10BNO3. The first kappa shape index (κ1) is 12.6. The van der Waals surface area contributed by atoms with Gasteiger partial charge in [0.25, 0.3) is 0 Å². The zero-order valence-corrected chi connectivity index (χ0v) is 10.5. The minimum atomic E-state index is -0.896. The minimum Gasteiger partial charge on any atom is -0.423 e. The number of hydrogen-bond acceptors (Lipinski definition) is 3. The Labute approximate surface area is 116 Å². The van der Waals surface area contributed by atoms with Crippen LogP contribution in [0.1, 0.15) is 21.5 Å². The van der Waals surface area contributed by atoms with Crippen LogP contribution in [-0.2, 0) is 11.3 Å². The summed E-state index contributed by atoms with van der Waals surface area (Å²) in [6.07, 6.45) is 0. The molecule has 0 unspecified atom stereocenters. The molecule has 4 nitrogen and oxygen atoms in total. The van der Waals surface area contributed by atoms with Crippen LogP contribution in [0, 0.1) is 6.57 Å². The first-order valence-corrected chi connectivity index (χ1v) is 6.14. The van der Waals surface area contributed by atoms with Gasteiger partial charge in [0.1, 0.15) is 0 Å². The predicted octanol–water partition coefficient (Wildman–Crippen LogP) is 1.69. The number of benzene rings is 2. The average Bonchev–Trinajstić information content (AvgIpc) is 2.87. The van der Waals surface area contributed by atoms with E-state index in [-0.39, 0.29) is 5.78 Å². The van der Waals surface area contributed by atoms with E-state index in [0.717, 1.165) is 5.56 Å². The Morgan fingerprint density at radius 3 is 2.60 bits per heavy atom. The highest BCUT2D eigenvalue weighted by Gasteiger charge is 2.27. The van der Waals surface area contributed by atoms with Gasteiger partial charge in [-0.3, -0.25) is 4.79 Å². The SMILES string of the molecule is [C-]#[N+]c1ccc(C(=O)c2ccc3c(c2)COB3O)cc1. The van der Waals surface area contributed by atoms with Crippen molar-refractivity contribution in [3.63, 3.8) is 0 Å². The molecule has 96 valence electrons. The van der Waals surface area contributed by atoms with Gasteiger partial charge in [0.2, 0.25) is 0 Å². The van der Waals surface area contributed by atoms with Crippen molar-refractivity contribution in [2.45, 2.75) is 6.61 Å². The lowest BCUT2D eigenvalue weighted by Gasteiger charge is -2.04. The molecule has 3 rings (SSSR count). The van der Waals surface area contributed by atoms with Gasteiger partial charge < -0.3 is 9.68 Å². The van der Waals surface area contributed by atoms with E-state index in [0.29, 0.717) is 28.9 Å². The summed E-state index contributed by atoms with van der Waals surface area (Å²) in [5.41, 5.74) is 3.15. The van der Waals surface area contributed by atoms with Crippen molar-refractivity contribution < 1.29 is 14.5 Å². The normalized spacial score (nSPS) is 12.9. The molecule has 2 aromatic rings. The molecule has 0 radical (unpaired) electrons. The Balaban J connectivity index is 1.93. The molecule has 1 N–H and O–H groups in total. The van der Waals surface area contributed by atoms with E-state index in [1.807, 2.05) is 0 Å². The highest BCUT2D eigenvalue weighted by molar-refractivity contribution is 6.61. The topological polar surface area (TPSA) is 50.9 Å². The maximum atomic E-state index is 12.3. The monoisotopic (exact) mass is 263 g/mol. The van der Waals surface area contributed by atoms with E-state index < -0.39 is 7.12 Å². The Bertz CT molecular complexity index is 719. The van der Waals surface area contributed by atoms with Gasteiger partial charge in [0, 0.05) is 11.1 Å². The molecule has 0 saturated heterocycles. The van der Waals surface area contributed by atoms with E-state index in [1.165, 1.54) is 0 Å². The van der Waals surface area contributed by atoms with Crippen LogP contribution in [0.25, 0.3) is 4.85 Å². The minimum absolute atomic E-state index is 0.106. The third kappa shape index (κ3) is 2.12. The van der Waals surface area contributed by atoms with Gasteiger partial charge in [0.05, 0.1) is 13.2 Å². The number of ketones is 1. The van der Waals surface area contributed by atoms with Gasteiger partial charge in [-0.1, -0.05) is 36.4 Å². The summed E-state index contributed by atoms with van der Waals surface area (Å²) in [6, 6.07) is 11.7. The fraction of sp³-hybridized carbons (Fsp3) is 0.0667. The van der Waals surface area contributed by atoms with Crippen molar-refractivity contribution in [1.29, 1.82) is 0 Å². The van der Waals surface area contributed by atoms with Crippen LogP contribution in [0.4, 0.5) is 5.69 Å². The molecule has 1 aliphatic rings. The van der Waals surface area contributed by atoms with Crippen LogP contribution >= 0.6 is 0 Å². The second-order valence-corrected chi connectivity index (χ2v) is 4.56. The maximum Gasteiger partial charge on any atom is 0.491 e. The molecule has 0 fully saturated rings. The fourth-order valence-corrected chi connectivity index (χ4v) is 2.23. The molecule has 2 aromatic carbocycles. The molecule has 0 spiro atoms. The molecule has 0 bridgehead atoms. The van der Waals surface area contributed by atoms with Crippen molar-refractivity contribution in [2.75, 3.05) is 0 Å². The lowest BCUT2D eigenvalue weighted by Crippen LogP contribution is -2.28. The summed E-state index contributed by atoms with van der Waals surface area (Å²) in [7, 11) is -0.896. The van der Waals surface area contributed by atoms with E-state index in [2.05, 4.69) is 4.85 Å². The summed E-state index contributed by atoms with van der Waals surface area (Å²) < 4.78 is 5.11.